The number of Topliss-reactive ketones (excluding diaryl/α,β-unsaturated/α-hetero) is 1. The second-order valence-electron chi connectivity index (χ2n) is 8.00. The number of ketones is 1. The van der Waals surface area contributed by atoms with Crippen molar-refractivity contribution >= 4 is 34.8 Å². The van der Waals surface area contributed by atoms with Crippen LogP contribution in [0, 0.1) is 0 Å². The Morgan fingerprint density at radius 1 is 1.03 bits per heavy atom. The highest BCUT2D eigenvalue weighted by Gasteiger charge is 2.33. The number of unbranched alkanes of at least 4 members (excludes halogenated alkanes) is 6. The van der Waals surface area contributed by atoms with E-state index in [1.165, 1.54) is 32.1 Å². The lowest BCUT2D eigenvalue weighted by Crippen LogP contribution is -2.13. The number of amides is 1. The van der Waals surface area contributed by atoms with Crippen LogP contribution in [0.5, 0.6) is 0 Å². The average Bonchev–Trinajstić information content (AvgIpc) is 3.06. The van der Waals surface area contributed by atoms with Crippen molar-refractivity contribution in [2.75, 3.05) is 11.1 Å². The van der Waals surface area contributed by atoms with E-state index in [1.807, 2.05) is 42.5 Å². The second kappa shape index (κ2) is 11.2. The van der Waals surface area contributed by atoms with Gasteiger partial charge in [-0.05, 0) is 48.7 Å². The molecule has 0 aromatic heterocycles. The molecule has 30 heavy (non-hydrogen) atoms. The molecule has 5 heteroatoms. The summed E-state index contributed by atoms with van der Waals surface area (Å²) in [6.45, 7) is 2.22. The molecule has 0 radical (unpaired) electrons. The van der Waals surface area contributed by atoms with Gasteiger partial charge in [-0.3, -0.25) is 9.59 Å². The van der Waals surface area contributed by atoms with E-state index in [1.54, 1.807) is 11.8 Å². The summed E-state index contributed by atoms with van der Waals surface area (Å²) in [4.78, 5) is 26.3. The maximum absolute atomic E-state index is 12.9. The Morgan fingerprint density at radius 2 is 1.73 bits per heavy atom. The van der Waals surface area contributed by atoms with E-state index in [0.717, 1.165) is 34.6 Å². The smallest absolute Gasteiger partial charge is 0.224 e. The van der Waals surface area contributed by atoms with Crippen LogP contribution in [-0.2, 0) is 11.2 Å². The van der Waals surface area contributed by atoms with Crippen molar-refractivity contribution in [3.63, 3.8) is 0 Å². The van der Waals surface area contributed by atoms with Crippen LogP contribution in [0.4, 0.5) is 11.4 Å². The van der Waals surface area contributed by atoms with Gasteiger partial charge in [0.25, 0.3) is 0 Å². The summed E-state index contributed by atoms with van der Waals surface area (Å²) in [5, 5.41) is 2.89. The summed E-state index contributed by atoms with van der Waals surface area (Å²) in [6.07, 6.45) is 9.50. The number of hydrogen-bond donors (Lipinski definition) is 2. The highest BCUT2D eigenvalue weighted by molar-refractivity contribution is 8.00. The molecule has 160 valence electrons. The maximum Gasteiger partial charge on any atom is 0.224 e. The Kier molecular flexibility index (Phi) is 8.38. The zero-order valence-corrected chi connectivity index (χ0v) is 18.6. The topological polar surface area (TPSA) is 72.2 Å². The molecule has 1 unspecified atom stereocenters. The highest BCUT2D eigenvalue weighted by atomic mass is 32.2. The maximum atomic E-state index is 12.9. The molecule has 1 aliphatic rings. The molecule has 0 aliphatic heterocycles. The number of nitrogens with one attached hydrogen (secondary N) is 1. The molecule has 4 nitrogen and oxygen atoms in total. The van der Waals surface area contributed by atoms with Gasteiger partial charge < -0.3 is 11.1 Å². The largest absolute Gasteiger partial charge is 0.399 e. The molecule has 0 saturated heterocycles. The van der Waals surface area contributed by atoms with Gasteiger partial charge in [0, 0.05) is 28.3 Å². The van der Waals surface area contributed by atoms with Crippen molar-refractivity contribution in [3.8, 4) is 0 Å². The molecule has 0 spiro atoms. The van der Waals surface area contributed by atoms with E-state index in [-0.39, 0.29) is 16.9 Å². The third-order valence-electron chi connectivity index (χ3n) is 5.56. The fourth-order valence-corrected chi connectivity index (χ4v) is 4.97. The third-order valence-corrected chi connectivity index (χ3v) is 6.77. The number of rotatable bonds is 11. The quantitative estimate of drug-likeness (QED) is 0.330. The number of nitrogen functional groups attached to an aromatic ring is 1. The number of fused-ring (bicyclic) bond motifs is 1. The number of carbonyl (C=O) groups is 2. The normalized spacial score (nSPS) is 15.2. The zero-order valence-electron chi connectivity index (χ0n) is 17.8. The highest BCUT2D eigenvalue weighted by Crippen LogP contribution is 2.37. The molecule has 3 N–H and O–H groups in total. The van der Waals surface area contributed by atoms with Gasteiger partial charge in [-0.1, -0.05) is 57.6 Å². The van der Waals surface area contributed by atoms with E-state index in [4.69, 9.17) is 5.73 Å². The first-order valence-corrected chi connectivity index (χ1v) is 11.9. The van der Waals surface area contributed by atoms with Crippen LogP contribution in [0.3, 0.4) is 0 Å². The van der Waals surface area contributed by atoms with E-state index in [0.29, 0.717) is 18.5 Å². The van der Waals surface area contributed by atoms with Gasteiger partial charge in [-0.25, -0.2) is 0 Å². The summed E-state index contributed by atoms with van der Waals surface area (Å²) in [5.41, 5.74) is 8.95. The molecular formula is C25H32N2O2S. The standard InChI is InChI=1S/C25H32N2O2S/c1-2-3-4-5-6-7-8-12-24(28)27-22-11-9-10-20-21(22)17-23(25(20)29)30-19-15-13-18(26)14-16-19/h9-11,13-16,23H,2-8,12,17,26H2,1H3,(H,27,28). The number of hydrogen-bond acceptors (Lipinski definition) is 4. The Hall–Kier alpha value is -2.27. The Balaban J connectivity index is 1.52. The van der Waals surface area contributed by atoms with E-state index >= 15 is 0 Å². The lowest BCUT2D eigenvalue weighted by atomic mass is 10.1. The van der Waals surface area contributed by atoms with Crippen molar-refractivity contribution in [2.24, 2.45) is 0 Å². The van der Waals surface area contributed by atoms with Crippen molar-refractivity contribution in [1.82, 2.24) is 0 Å². The molecule has 3 rings (SSSR count). The Labute approximate surface area is 184 Å². The number of thioether (sulfide) groups is 1. The van der Waals surface area contributed by atoms with E-state index in [9.17, 15) is 9.59 Å². The van der Waals surface area contributed by atoms with Crippen LogP contribution < -0.4 is 11.1 Å². The fraction of sp³-hybridized carbons (Fsp3) is 0.440. The minimum absolute atomic E-state index is 0.0408. The van der Waals surface area contributed by atoms with Gasteiger partial charge in [0.05, 0.1) is 5.25 Å². The molecule has 0 fully saturated rings. The number of benzene rings is 2. The van der Waals surface area contributed by atoms with Crippen molar-refractivity contribution in [3.05, 3.63) is 53.6 Å². The molecule has 2 aromatic carbocycles. The van der Waals surface area contributed by atoms with Crippen LogP contribution in [0.25, 0.3) is 0 Å². The molecule has 0 heterocycles. The summed E-state index contributed by atoms with van der Waals surface area (Å²) < 4.78 is 0. The third kappa shape index (κ3) is 6.11. The Bertz CT molecular complexity index is 864. The minimum Gasteiger partial charge on any atom is -0.399 e. The van der Waals surface area contributed by atoms with Crippen molar-refractivity contribution in [1.29, 1.82) is 0 Å². The fourth-order valence-electron chi connectivity index (χ4n) is 3.87. The van der Waals surface area contributed by atoms with Crippen LogP contribution in [0.2, 0.25) is 0 Å². The SMILES string of the molecule is CCCCCCCCCC(=O)Nc1cccc2c1CC(Sc1ccc(N)cc1)C2=O. The van der Waals surface area contributed by atoms with Crippen LogP contribution in [0.15, 0.2) is 47.4 Å². The van der Waals surface area contributed by atoms with Crippen LogP contribution in [-0.4, -0.2) is 16.9 Å². The first kappa shape index (κ1) is 22.4. The Morgan fingerprint density at radius 3 is 2.47 bits per heavy atom. The molecule has 1 amide bonds. The average molecular weight is 425 g/mol. The molecule has 0 saturated carbocycles. The summed E-state index contributed by atoms with van der Waals surface area (Å²) in [7, 11) is 0. The molecular weight excluding hydrogens is 392 g/mol. The van der Waals surface area contributed by atoms with E-state index < -0.39 is 0 Å². The predicted octanol–water partition coefficient (Wildman–Crippen LogP) is 6.25. The van der Waals surface area contributed by atoms with Crippen LogP contribution in [0.1, 0.15) is 74.2 Å². The van der Waals surface area contributed by atoms with Crippen molar-refractivity contribution in [2.45, 2.75) is 74.9 Å². The molecule has 0 bridgehead atoms. The lowest BCUT2D eigenvalue weighted by Gasteiger charge is -2.10. The summed E-state index contributed by atoms with van der Waals surface area (Å²) >= 11 is 1.56. The van der Waals surface area contributed by atoms with Gasteiger partial charge in [-0.15, -0.1) is 11.8 Å². The first-order valence-electron chi connectivity index (χ1n) is 11.1. The zero-order chi connectivity index (χ0) is 21.3. The summed E-state index contributed by atoms with van der Waals surface area (Å²) in [6, 6.07) is 13.2. The van der Waals surface area contributed by atoms with Crippen LogP contribution >= 0.6 is 11.8 Å². The minimum atomic E-state index is -0.162. The predicted molar refractivity (Wildman–Crippen MR) is 126 cm³/mol. The van der Waals surface area contributed by atoms with Gasteiger partial charge in [0.1, 0.15) is 0 Å². The van der Waals surface area contributed by atoms with Crippen molar-refractivity contribution < 1.29 is 9.59 Å². The van der Waals surface area contributed by atoms with Gasteiger partial charge in [0.2, 0.25) is 5.91 Å². The molecule has 1 aliphatic carbocycles. The second-order valence-corrected chi connectivity index (χ2v) is 9.27. The monoisotopic (exact) mass is 424 g/mol. The number of nitrogens with two attached hydrogens (primary N) is 1. The number of carbonyl (C=O) groups excluding carboxylic acids is 2. The first-order chi connectivity index (χ1) is 14.6. The van der Waals surface area contributed by atoms with Gasteiger partial charge in [0.15, 0.2) is 5.78 Å². The molecule has 2 aromatic rings. The lowest BCUT2D eigenvalue weighted by molar-refractivity contribution is -0.116. The van der Waals surface area contributed by atoms with Gasteiger partial charge in [-0.2, -0.15) is 0 Å². The molecule has 1 atom stereocenters. The summed E-state index contributed by atoms with van der Waals surface area (Å²) in [5.74, 6) is 0.175. The number of anilines is 2. The van der Waals surface area contributed by atoms with E-state index in [2.05, 4.69) is 12.2 Å². The van der Waals surface area contributed by atoms with Gasteiger partial charge >= 0.3 is 0 Å².